The first-order valence-corrected chi connectivity index (χ1v) is 23.5. The third-order valence-corrected chi connectivity index (χ3v) is 12.2. The minimum absolute atomic E-state index is 0.00669. The summed E-state index contributed by atoms with van der Waals surface area (Å²) < 4.78 is 5.94. The zero-order valence-electron chi connectivity index (χ0n) is 40.1. The van der Waals surface area contributed by atoms with Crippen LogP contribution in [0.5, 0.6) is 11.5 Å². The number of amides is 4. The normalized spacial score (nSPS) is 12.8. The SMILES string of the molecule is Cc1cc(O)cc(C)c1C[C@H](N)C(=O)N[C@H](CCCN=C(N)N)C(=O)N[C@@H](Cc1ccccc1)C(=O)N[C@@H](CCCCN)C(=O)NCc1ccc(-c2c3ccc(=O)cc-3oc3cc(O)ccc23)c(C(=O)O)c1. The number of phenols is 2. The maximum Gasteiger partial charge on any atom is 0.336 e. The minimum Gasteiger partial charge on any atom is -0.508 e. The first-order valence-electron chi connectivity index (χ1n) is 23.5. The van der Waals surface area contributed by atoms with Gasteiger partial charge in [0.25, 0.3) is 0 Å². The van der Waals surface area contributed by atoms with E-state index < -0.39 is 53.8 Å². The van der Waals surface area contributed by atoms with Crippen molar-refractivity contribution in [3.05, 3.63) is 141 Å². The lowest BCUT2D eigenvalue weighted by Crippen LogP contribution is -2.58. The molecule has 0 spiro atoms. The molecule has 19 heteroatoms. The highest BCUT2D eigenvalue weighted by molar-refractivity contribution is 6.07. The number of aryl methyl sites for hydroxylation is 2. The number of carbonyl (C=O) groups excluding carboxylic acids is 4. The standard InChI is InChI=1S/C53H61N9O10/c1-29-21-35(65)22-30(2)39(29)27-41(55)48(66)60-43(12-8-20-58-53(56)57)50(68)62-44(24-31-9-4-3-5-10-31)51(69)61-42(11-6-7-19-54)49(67)59-28-32-13-16-36(40(23-32)52(70)71)47-37-17-14-33(63)25-45(37)72-46-26-34(64)15-18-38(46)47/h3-5,9-10,13-18,21-23,25-26,41-44,63,65H,6-8,11-12,19-20,24,27-28,54-55H2,1-2H3,(H,59,67)(H,60,66)(H,61,69)(H,62,68)(H,70,71)(H4,56,57,58)/t41-,42-,43+,44-/m0/s1. The number of fused-ring (bicyclic) bond motifs is 2. The maximum absolute atomic E-state index is 14.4. The van der Waals surface area contributed by atoms with Crippen LogP contribution in [0.25, 0.3) is 33.4 Å². The number of benzene rings is 5. The summed E-state index contributed by atoms with van der Waals surface area (Å²) in [5.41, 5.74) is 27.6. The number of unbranched alkanes of at least 4 members (excludes halogenated alkanes) is 1. The lowest BCUT2D eigenvalue weighted by Gasteiger charge is -2.26. The van der Waals surface area contributed by atoms with Crippen molar-refractivity contribution in [2.45, 2.75) is 89.5 Å². The molecule has 0 fully saturated rings. The molecule has 0 saturated carbocycles. The Labute approximate surface area is 415 Å². The second-order valence-electron chi connectivity index (χ2n) is 17.7. The molecule has 4 aromatic carbocycles. The van der Waals surface area contributed by atoms with Gasteiger partial charge in [-0.05, 0) is 135 Å². The highest BCUT2D eigenvalue weighted by atomic mass is 16.4. The van der Waals surface area contributed by atoms with Gasteiger partial charge >= 0.3 is 5.97 Å². The Morgan fingerprint density at radius 1 is 0.681 bits per heavy atom. The maximum atomic E-state index is 14.4. The molecular weight excluding hydrogens is 923 g/mol. The van der Waals surface area contributed by atoms with E-state index in [1.807, 2.05) is 0 Å². The van der Waals surface area contributed by atoms with Crippen molar-refractivity contribution in [3.63, 3.8) is 0 Å². The van der Waals surface area contributed by atoms with Crippen LogP contribution in [0.2, 0.25) is 0 Å². The Morgan fingerprint density at radius 3 is 2.03 bits per heavy atom. The topological polar surface area (TPSA) is 341 Å². The number of guanidine groups is 1. The van der Waals surface area contributed by atoms with Crippen LogP contribution >= 0.6 is 0 Å². The number of nitrogens with zero attached hydrogens (tertiary/aromatic N) is 1. The molecule has 4 aromatic rings. The number of hydrogen-bond donors (Lipinski definition) is 11. The highest BCUT2D eigenvalue weighted by Crippen LogP contribution is 2.42. The molecule has 0 bridgehead atoms. The van der Waals surface area contributed by atoms with Crippen molar-refractivity contribution >= 4 is 46.5 Å². The van der Waals surface area contributed by atoms with Gasteiger partial charge in [-0.25, -0.2) is 4.79 Å². The molecule has 2 aliphatic rings. The largest absolute Gasteiger partial charge is 0.508 e. The molecule has 0 radical (unpaired) electrons. The van der Waals surface area contributed by atoms with Crippen molar-refractivity contribution in [2.24, 2.45) is 27.9 Å². The number of aromatic carboxylic acids is 1. The van der Waals surface area contributed by atoms with Gasteiger partial charge < -0.3 is 63.9 Å². The van der Waals surface area contributed by atoms with E-state index in [2.05, 4.69) is 26.3 Å². The molecular formula is C53H61N9O10. The van der Waals surface area contributed by atoms with Crippen LogP contribution in [0.15, 0.2) is 111 Å². The van der Waals surface area contributed by atoms with Gasteiger partial charge in [0.1, 0.15) is 41.0 Å². The van der Waals surface area contributed by atoms with Gasteiger partial charge in [0, 0.05) is 48.2 Å². The van der Waals surface area contributed by atoms with Gasteiger partial charge in [-0.3, -0.25) is 29.0 Å². The summed E-state index contributed by atoms with van der Waals surface area (Å²) in [6.07, 6.45) is 1.60. The lowest BCUT2D eigenvalue weighted by atomic mass is 9.90. The average molecular weight is 984 g/mol. The van der Waals surface area contributed by atoms with E-state index in [9.17, 15) is 44.1 Å². The molecule has 0 aromatic heterocycles. The van der Waals surface area contributed by atoms with Crippen LogP contribution in [0, 0.1) is 13.8 Å². The van der Waals surface area contributed by atoms with Crippen LogP contribution in [-0.4, -0.2) is 88.1 Å². The fraction of sp³-hybridized carbons (Fsp3) is 0.302. The molecule has 15 N–H and O–H groups in total. The fourth-order valence-electron chi connectivity index (χ4n) is 8.58. The van der Waals surface area contributed by atoms with Crippen molar-refractivity contribution in [1.82, 2.24) is 21.3 Å². The summed E-state index contributed by atoms with van der Waals surface area (Å²) in [7, 11) is 0. The van der Waals surface area contributed by atoms with Gasteiger partial charge in [-0.1, -0.05) is 42.5 Å². The Bertz CT molecular complexity index is 2970. The Kier molecular flexibility index (Phi) is 18.1. The van der Waals surface area contributed by atoms with Crippen molar-refractivity contribution in [3.8, 4) is 33.9 Å². The molecule has 6 rings (SSSR count). The number of aromatic hydroxyl groups is 2. The number of nitrogens with one attached hydrogen (secondary N) is 4. The average Bonchev–Trinajstić information content (AvgIpc) is 3.33. The molecule has 378 valence electrons. The summed E-state index contributed by atoms with van der Waals surface area (Å²) in [5, 5.41) is 42.4. The lowest BCUT2D eigenvalue weighted by molar-refractivity contribution is -0.134. The second-order valence-corrected chi connectivity index (χ2v) is 17.7. The second kappa shape index (κ2) is 24.5. The predicted octanol–water partition coefficient (Wildman–Crippen LogP) is 3.36. The quantitative estimate of drug-likeness (QED) is 0.0190. The van der Waals surface area contributed by atoms with E-state index in [0.29, 0.717) is 52.6 Å². The number of carboxylic acids is 1. The molecule has 4 atom stereocenters. The first kappa shape index (κ1) is 53.1. The number of hydrogen-bond acceptors (Lipinski definition) is 12. The molecule has 1 heterocycles. The smallest absolute Gasteiger partial charge is 0.336 e. The highest BCUT2D eigenvalue weighted by Gasteiger charge is 2.31. The number of carbonyl (C=O) groups is 5. The molecule has 1 aliphatic heterocycles. The predicted molar refractivity (Wildman–Crippen MR) is 273 cm³/mol. The van der Waals surface area contributed by atoms with Crippen LogP contribution in [0.3, 0.4) is 0 Å². The van der Waals surface area contributed by atoms with Crippen molar-refractivity contribution in [2.75, 3.05) is 13.1 Å². The molecule has 0 saturated heterocycles. The Hall–Kier alpha value is -8.29. The summed E-state index contributed by atoms with van der Waals surface area (Å²) in [5.74, 6) is -3.85. The zero-order chi connectivity index (χ0) is 52.1. The van der Waals surface area contributed by atoms with E-state index in [-0.39, 0.29) is 85.0 Å². The molecule has 1 aliphatic carbocycles. The summed E-state index contributed by atoms with van der Waals surface area (Å²) in [4.78, 5) is 85.5. The first-order chi connectivity index (χ1) is 34.4. The number of rotatable bonds is 23. The van der Waals surface area contributed by atoms with Crippen LogP contribution in [0.1, 0.15) is 70.3 Å². The summed E-state index contributed by atoms with van der Waals surface area (Å²) in [6.45, 7) is 3.92. The number of nitrogens with two attached hydrogens (primary N) is 4. The minimum atomic E-state index is -1.27. The number of carboxylic acid groups (broad SMARTS) is 1. The van der Waals surface area contributed by atoms with E-state index in [0.717, 1.165) is 16.7 Å². The fourth-order valence-corrected chi connectivity index (χ4v) is 8.58. The summed E-state index contributed by atoms with van der Waals surface area (Å²) in [6, 6.07) is 20.6. The van der Waals surface area contributed by atoms with Crippen molar-refractivity contribution < 1.29 is 43.7 Å². The van der Waals surface area contributed by atoms with Gasteiger partial charge in [0.2, 0.25) is 23.6 Å². The zero-order valence-corrected chi connectivity index (χ0v) is 40.1. The third kappa shape index (κ3) is 13.9. The monoisotopic (exact) mass is 983 g/mol. The van der Waals surface area contributed by atoms with E-state index in [1.54, 1.807) is 80.6 Å². The van der Waals surface area contributed by atoms with Crippen molar-refractivity contribution in [1.29, 1.82) is 0 Å². The molecule has 0 unspecified atom stereocenters. The van der Waals surface area contributed by atoms with Crippen LogP contribution in [-0.2, 0) is 38.6 Å². The van der Waals surface area contributed by atoms with E-state index in [1.165, 1.54) is 30.3 Å². The van der Waals surface area contributed by atoms with Gasteiger partial charge in [0.15, 0.2) is 11.4 Å². The van der Waals surface area contributed by atoms with Crippen LogP contribution in [0.4, 0.5) is 0 Å². The van der Waals surface area contributed by atoms with Gasteiger partial charge in [-0.2, -0.15) is 0 Å². The molecule has 19 nitrogen and oxygen atoms in total. The van der Waals surface area contributed by atoms with Crippen LogP contribution < -0.4 is 49.6 Å². The van der Waals surface area contributed by atoms with E-state index >= 15 is 0 Å². The van der Waals surface area contributed by atoms with E-state index in [4.69, 9.17) is 27.4 Å². The molecule has 72 heavy (non-hydrogen) atoms. The molecule has 4 amide bonds. The number of aliphatic imine (C=N–C) groups is 1. The van der Waals surface area contributed by atoms with Gasteiger partial charge in [-0.15, -0.1) is 0 Å². The Balaban J connectivity index is 1.22. The van der Waals surface area contributed by atoms with Gasteiger partial charge in [0.05, 0.1) is 11.6 Å². The third-order valence-electron chi connectivity index (χ3n) is 12.2. The Morgan fingerprint density at radius 2 is 1.33 bits per heavy atom. The summed E-state index contributed by atoms with van der Waals surface area (Å²) >= 11 is 0. The number of phenolic OH excluding ortho intramolecular Hbond substituents is 2.